The lowest BCUT2D eigenvalue weighted by molar-refractivity contribution is -0.137. The Bertz CT molecular complexity index is 1110. The molecule has 0 radical (unpaired) electrons. The van der Waals surface area contributed by atoms with E-state index >= 15 is 0 Å². The fourth-order valence-corrected chi connectivity index (χ4v) is 4.10. The lowest BCUT2D eigenvalue weighted by Gasteiger charge is -2.13. The first-order valence-electron chi connectivity index (χ1n) is 8.66. The van der Waals surface area contributed by atoms with Crippen molar-refractivity contribution in [1.29, 1.82) is 0 Å². The van der Waals surface area contributed by atoms with E-state index in [-0.39, 0.29) is 35.0 Å². The van der Waals surface area contributed by atoms with Crippen LogP contribution in [-0.2, 0) is 4.79 Å². The number of fused-ring (bicyclic) bond motifs is 3. The van der Waals surface area contributed by atoms with Gasteiger partial charge in [0.25, 0.3) is 11.8 Å². The van der Waals surface area contributed by atoms with Gasteiger partial charge >= 0.3 is 0 Å². The van der Waals surface area contributed by atoms with Gasteiger partial charge in [0, 0.05) is 31.6 Å². The van der Waals surface area contributed by atoms with Gasteiger partial charge in [-0.1, -0.05) is 11.8 Å². The van der Waals surface area contributed by atoms with E-state index in [0.29, 0.717) is 17.0 Å². The van der Waals surface area contributed by atoms with E-state index in [1.165, 1.54) is 11.0 Å². The number of likely N-dealkylation sites (N-methyl/N-ethyl adjacent to an activating group) is 1. The number of carbonyl (C=O) groups is 2. The van der Waals surface area contributed by atoms with Crippen molar-refractivity contribution in [3.8, 4) is 28.8 Å². The van der Waals surface area contributed by atoms with Crippen LogP contribution in [0, 0.1) is 17.7 Å². The Morgan fingerprint density at radius 1 is 1.52 bits per heavy atom. The Hall–Kier alpha value is -3.00. The summed E-state index contributed by atoms with van der Waals surface area (Å²) in [7, 11) is 1.55. The van der Waals surface area contributed by atoms with E-state index in [2.05, 4.69) is 16.8 Å². The highest BCUT2D eigenvalue weighted by Crippen LogP contribution is 2.41. The highest BCUT2D eigenvalue weighted by atomic mass is 32.1. The fraction of sp³-hybridized carbons (Fsp3) is 0.316. The minimum Gasteiger partial charge on any atom is -0.490 e. The second kappa shape index (κ2) is 6.81. The summed E-state index contributed by atoms with van der Waals surface area (Å²) in [4.78, 5) is 29.4. The Morgan fingerprint density at radius 3 is 2.93 bits per heavy atom. The monoisotopic (exact) mass is 417 g/mol. The number of halogens is 1. The number of thiazole rings is 1. The highest BCUT2D eigenvalue weighted by Gasteiger charge is 2.42. The summed E-state index contributed by atoms with van der Waals surface area (Å²) in [5.41, 5.74) is 3.92. The molecule has 4 N–H and O–H groups in total. The maximum absolute atomic E-state index is 14.6. The van der Waals surface area contributed by atoms with Crippen LogP contribution < -0.4 is 10.5 Å². The number of aliphatic hydroxyl groups is 2. The molecule has 150 valence electrons. The molecular weight excluding hydrogens is 401 g/mol. The average molecular weight is 417 g/mol. The van der Waals surface area contributed by atoms with Gasteiger partial charge in [0.15, 0.2) is 5.01 Å². The van der Waals surface area contributed by atoms with Crippen molar-refractivity contribution in [3.05, 3.63) is 33.4 Å². The molecule has 4 rings (SSSR count). The Balaban J connectivity index is 1.81. The van der Waals surface area contributed by atoms with Gasteiger partial charge in [0.2, 0.25) is 5.60 Å². The molecule has 2 aromatic rings. The van der Waals surface area contributed by atoms with Gasteiger partial charge in [-0.25, -0.2) is 9.37 Å². The van der Waals surface area contributed by atoms with Crippen molar-refractivity contribution in [2.24, 2.45) is 5.73 Å². The fourth-order valence-electron chi connectivity index (χ4n) is 3.20. The molecule has 1 aromatic heterocycles. The number of nitrogens with zero attached hydrogens (tertiary/aromatic N) is 2. The van der Waals surface area contributed by atoms with Crippen molar-refractivity contribution < 1.29 is 28.9 Å². The number of amides is 2. The topological polar surface area (TPSA) is 126 Å². The minimum absolute atomic E-state index is 0.00718. The third-order valence-electron chi connectivity index (χ3n) is 4.80. The van der Waals surface area contributed by atoms with Crippen molar-refractivity contribution in [2.75, 3.05) is 20.2 Å². The van der Waals surface area contributed by atoms with Gasteiger partial charge in [0.1, 0.15) is 24.3 Å². The molecule has 0 aliphatic carbocycles. The molecule has 1 saturated heterocycles. The molecule has 2 aliphatic rings. The average Bonchev–Trinajstić information content (AvgIpc) is 3.20. The van der Waals surface area contributed by atoms with Crippen LogP contribution in [0.15, 0.2) is 12.1 Å². The van der Waals surface area contributed by atoms with Crippen molar-refractivity contribution in [2.45, 2.75) is 18.1 Å². The highest BCUT2D eigenvalue weighted by molar-refractivity contribution is 7.14. The van der Waals surface area contributed by atoms with Crippen LogP contribution in [0.3, 0.4) is 0 Å². The summed E-state index contributed by atoms with van der Waals surface area (Å²) >= 11 is 0.937. The number of benzene rings is 1. The van der Waals surface area contributed by atoms with Crippen molar-refractivity contribution >= 4 is 23.2 Å². The molecule has 8 nitrogen and oxygen atoms in total. The SMILES string of the molecule is CN1CC[C@@](O)(C#Cc2cc3c(cc2F)OCC(O)c2sc(C(N)=O)nc2-3)C1=O. The molecule has 1 fully saturated rings. The third kappa shape index (κ3) is 3.23. The Morgan fingerprint density at radius 2 is 2.28 bits per heavy atom. The van der Waals surface area contributed by atoms with Crippen molar-refractivity contribution in [1.82, 2.24) is 9.88 Å². The molecule has 2 amide bonds. The van der Waals surface area contributed by atoms with Gasteiger partial charge in [-0.3, -0.25) is 9.59 Å². The third-order valence-corrected chi connectivity index (χ3v) is 5.97. The Labute approximate surface area is 168 Å². The second-order valence-electron chi connectivity index (χ2n) is 6.84. The van der Waals surface area contributed by atoms with Crippen LogP contribution in [0.25, 0.3) is 11.3 Å². The normalized spacial score (nSPS) is 22.8. The number of hydrogen-bond acceptors (Lipinski definition) is 7. The van der Waals surface area contributed by atoms with Crippen LogP contribution in [0.1, 0.15) is 32.8 Å². The van der Waals surface area contributed by atoms with Crippen LogP contribution in [0.2, 0.25) is 0 Å². The second-order valence-corrected chi connectivity index (χ2v) is 7.87. The quantitative estimate of drug-likeness (QED) is 0.578. The predicted octanol–water partition coefficient (Wildman–Crippen LogP) is 0.419. The number of hydrogen-bond donors (Lipinski definition) is 3. The summed E-state index contributed by atoms with van der Waals surface area (Å²) in [5.74, 6) is 3.12. The van der Waals surface area contributed by atoms with Crippen LogP contribution >= 0.6 is 11.3 Å². The molecule has 2 aliphatic heterocycles. The van der Waals surface area contributed by atoms with Crippen molar-refractivity contribution in [3.63, 3.8) is 0 Å². The summed E-state index contributed by atoms with van der Waals surface area (Å²) in [5, 5.41) is 20.7. The molecule has 0 spiro atoms. The standard InChI is InChI=1S/C19H16FN3O5S/c1-23-5-4-19(27,18(23)26)3-2-9-6-10-13(7-11(9)20)28-8-12(24)15-14(10)22-17(29-15)16(21)25/h6-7,12,24,27H,4-5,8H2,1H3,(H2,21,25)/t12?,19-/m0/s1. The smallest absolute Gasteiger partial charge is 0.277 e. The van der Waals surface area contributed by atoms with Gasteiger partial charge in [-0.05, 0) is 6.07 Å². The molecule has 29 heavy (non-hydrogen) atoms. The van der Waals surface area contributed by atoms with Gasteiger partial charge < -0.3 is 25.6 Å². The number of aromatic nitrogens is 1. The number of aliphatic hydroxyl groups excluding tert-OH is 1. The summed E-state index contributed by atoms with van der Waals surface area (Å²) in [6.45, 7) is 0.200. The molecule has 10 heteroatoms. The minimum atomic E-state index is -1.87. The largest absolute Gasteiger partial charge is 0.490 e. The maximum Gasteiger partial charge on any atom is 0.277 e. The van der Waals surface area contributed by atoms with E-state index < -0.39 is 29.3 Å². The van der Waals surface area contributed by atoms with E-state index in [1.54, 1.807) is 7.05 Å². The molecule has 3 heterocycles. The number of primary amides is 1. The summed E-state index contributed by atoms with van der Waals surface area (Å²) < 4.78 is 20.0. The van der Waals surface area contributed by atoms with Gasteiger partial charge in [-0.2, -0.15) is 0 Å². The molecule has 1 unspecified atom stereocenters. The van der Waals surface area contributed by atoms with E-state index in [0.717, 1.165) is 17.4 Å². The summed E-state index contributed by atoms with van der Waals surface area (Å²) in [6.07, 6.45) is -0.942. The first-order chi connectivity index (χ1) is 13.7. The molecule has 0 bridgehead atoms. The van der Waals surface area contributed by atoms with Crippen LogP contribution in [-0.4, -0.2) is 57.7 Å². The number of likely N-dealkylation sites (tertiary alicyclic amines) is 1. The number of rotatable bonds is 1. The first kappa shape index (κ1) is 19.3. The van der Waals surface area contributed by atoms with Gasteiger partial charge in [-0.15, -0.1) is 11.3 Å². The zero-order chi connectivity index (χ0) is 20.9. The maximum atomic E-state index is 14.6. The molecule has 0 saturated carbocycles. The lowest BCUT2D eigenvalue weighted by Crippen LogP contribution is -2.37. The Kier molecular flexibility index (Phi) is 4.53. The van der Waals surface area contributed by atoms with Crippen LogP contribution in [0.4, 0.5) is 4.39 Å². The van der Waals surface area contributed by atoms with E-state index in [1.807, 2.05) is 0 Å². The number of nitrogens with two attached hydrogens (primary N) is 1. The molecular formula is C19H16FN3O5S. The lowest BCUT2D eigenvalue weighted by atomic mass is 10.0. The van der Waals surface area contributed by atoms with Gasteiger partial charge in [0.05, 0.1) is 16.1 Å². The van der Waals surface area contributed by atoms with Crippen LogP contribution in [0.5, 0.6) is 5.75 Å². The summed E-state index contributed by atoms with van der Waals surface area (Å²) in [6, 6.07) is 2.45. The van der Waals surface area contributed by atoms with E-state index in [4.69, 9.17) is 10.5 Å². The first-order valence-corrected chi connectivity index (χ1v) is 9.47. The number of ether oxygens (including phenoxy) is 1. The predicted molar refractivity (Wildman–Crippen MR) is 101 cm³/mol. The molecule has 1 aromatic carbocycles. The number of carbonyl (C=O) groups excluding carboxylic acids is 2. The molecule has 2 atom stereocenters. The zero-order valence-electron chi connectivity index (χ0n) is 15.2. The zero-order valence-corrected chi connectivity index (χ0v) is 16.0. The van der Waals surface area contributed by atoms with E-state index in [9.17, 15) is 24.2 Å².